The lowest BCUT2D eigenvalue weighted by atomic mass is 10.1. The van der Waals surface area contributed by atoms with Crippen molar-refractivity contribution < 1.29 is 5.11 Å². The van der Waals surface area contributed by atoms with Crippen molar-refractivity contribution in [3.05, 3.63) is 42.2 Å². The van der Waals surface area contributed by atoms with Gasteiger partial charge in [0.15, 0.2) is 0 Å². The lowest BCUT2D eigenvalue weighted by Crippen LogP contribution is -2.21. The molecular formula is C13H14N4O. The molecular weight excluding hydrogens is 228 g/mol. The maximum Gasteiger partial charge on any atom is 0.148 e. The molecule has 92 valence electrons. The molecule has 1 aliphatic carbocycles. The van der Waals surface area contributed by atoms with Gasteiger partial charge >= 0.3 is 0 Å². The zero-order valence-corrected chi connectivity index (χ0v) is 9.87. The van der Waals surface area contributed by atoms with Crippen molar-refractivity contribution in [3.8, 4) is 11.1 Å². The van der Waals surface area contributed by atoms with Gasteiger partial charge in [-0.2, -0.15) is 0 Å². The maximum atomic E-state index is 8.93. The van der Waals surface area contributed by atoms with Gasteiger partial charge in [-0.3, -0.25) is 4.98 Å². The lowest BCUT2D eigenvalue weighted by molar-refractivity contribution is 0.277. The lowest BCUT2D eigenvalue weighted by Gasteiger charge is -2.07. The largest absolute Gasteiger partial charge is 0.390 e. The first kappa shape index (κ1) is 11.3. The molecule has 3 N–H and O–H groups in total. The van der Waals surface area contributed by atoms with Crippen LogP contribution in [-0.4, -0.2) is 20.1 Å². The van der Waals surface area contributed by atoms with Crippen LogP contribution in [0.5, 0.6) is 0 Å². The third kappa shape index (κ3) is 1.98. The van der Waals surface area contributed by atoms with Crippen LogP contribution in [0.3, 0.4) is 0 Å². The monoisotopic (exact) mass is 242 g/mol. The first-order chi connectivity index (χ1) is 8.71. The smallest absolute Gasteiger partial charge is 0.148 e. The maximum absolute atomic E-state index is 8.93. The molecule has 1 aliphatic rings. The number of aliphatic hydroxyl groups excluding tert-OH is 1. The average molecular weight is 242 g/mol. The number of hydrogen-bond acceptors (Lipinski definition) is 5. The zero-order chi connectivity index (χ0) is 12.6. The average Bonchev–Trinajstić information content (AvgIpc) is 3.18. The summed E-state index contributed by atoms with van der Waals surface area (Å²) in [6.07, 6.45) is 7.16. The number of nitrogens with zero attached hydrogens (tertiary/aromatic N) is 3. The van der Waals surface area contributed by atoms with Crippen molar-refractivity contribution in [1.29, 1.82) is 0 Å². The summed E-state index contributed by atoms with van der Waals surface area (Å²) in [7, 11) is 0. The zero-order valence-electron chi connectivity index (χ0n) is 9.87. The summed E-state index contributed by atoms with van der Waals surface area (Å²) in [5.41, 5.74) is 8.22. The van der Waals surface area contributed by atoms with Crippen LogP contribution in [0.25, 0.3) is 11.1 Å². The van der Waals surface area contributed by atoms with E-state index in [9.17, 15) is 0 Å². The molecule has 0 aliphatic heterocycles. The van der Waals surface area contributed by atoms with Crippen LogP contribution in [0.15, 0.2) is 30.7 Å². The van der Waals surface area contributed by atoms with E-state index in [4.69, 9.17) is 10.8 Å². The van der Waals surface area contributed by atoms with Gasteiger partial charge in [-0.25, -0.2) is 9.97 Å². The molecule has 2 aromatic heterocycles. The highest BCUT2D eigenvalue weighted by Crippen LogP contribution is 2.40. The second-order valence-electron chi connectivity index (χ2n) is 4.65. The Balaban J connectivity index is 1.87. The fraction of sp³-hybridized carbons (Fsp3) is 0.308. The number of pyridine rings is 1. The van der Waals surface area contributed by atoms with Gasteiger partial charge in [-0.15, -0.1) is 0 Å². The molecule has 3 rings (SSSR count). The Morgan fingerprint density at radius 2 is 1.72 bits per heavy atom. The molecule has 5 heteroatoms. The minimum Gasteiger partial charge on any atom is -0.390 e. The summed E-state index contributed by atoms with van der Waals surface area (Å²) >= 11 is 0. The number of aliphatic hydroxyl groups is 1. The topological polar surface area (TPSA) is 84.9 Å². The van der Waals surface area contributed by atoms with E-state index in [0.717, 1.165) is 24.0 Å². The highest BCUT2D eigenvalue weighted by molar-refractivity contribution is 5.60. The summed E-state index contributed by atoms with van der Waals surface area (Å²) in [4.78, 5) is 12.8. The summed E-state index contributed by atoms with van der Waals surface area (Å²) in [5, 5.41) is 8.93. The molecule has 1 fully saturated rings. The van der Waals surface area contributed by atoms with Crippen molar-refractivity contribution in [2.45, 2.75) is 25.0 Å². The molecule has 0 radical (unpaired) electrons. The third-order valence-electron chi connectivity index (χ3n) is 3.21. The molecule has 2 heterocycles. The molecule has 1 saturated carbocycles. The molecule has 0 atom stereocenters. The Bertz CT molecular complexity index is 546. The van der Waals surface area contributed by atoms with Crippen molar-refractivity contribution in [2.75, 3.05) is 0 Å². The minimum atomic E-state index is -0.294. The predicted octanol–water partition coefficient (Wildman–Crippen LogP) is 0.979. The van der Waals surface area contributed by atoms with Crippen LogP contribution >= 0.6 is 0 Å². The fourth-order valence-electron chi connectivity index (χ4n) is 1.78. The van der Waals surface area contributed by atoms with Crippen LogP contribution in [0.1, 0.15) is 24.4 Å². The van der Waals surface area contributed by atoms with Crippen molar-refractivity contribution in [2.24, 2.45) is 5.73 Å². The summed E-state index contributed by atoms with van der Waals surface area (Å²) in [5.74, 6) is 0.714. The summed E-state index contributed by atoms with van der Waals surface area (Å²) < 4.78 is 0. The Morgan fingerprint density at radius 1 is 1.06 bits per heavy atom. The molecule has 0 amide bonds. The van der Waals surface area contributed by atoms with Crippen LogP contribution in [-0.2, 0) is 12.1 Å². The summed E-state index contributed by atoms with van der Waals surface area (Å²) in [6.45, 7) is -0.0502. The normalized spacial score (nSPS) is 16.6. The van der Waals surface area contributed by atoms with E-state index in [-0.39, 0.29) is 12.1 Å². The first-order valence-electron chi connectivity index (χ1n) is 5.89. The van der Waals surface area contributed by atoms with Gasteiger partial charge < -0.3 is 10.8 Å². The van der Waals surface area contributed by atoms with Crippen molar-refractivity contribution in [3.63, 3.8) is 0 Å². The van der Waals surface area contributed by atoms with Gasteiger partial charge in [-0.05, 0) is 18.9 Å². The number of rotatable bonds is 3. The standard InChI is InChI=1S/C13H14N4O/c14-13(3-4-13)12-16-6-10(7-17-12)9-1-2-11(8-18)15-5-9/h1-2,5-7,18H,3-4,8,14H2. The van der Waals surface area contributed by atoms with Crippen LogP contribution in [0.2, 0.25) is 0 Å². The predicted molar refractivity (Wildman–Crippen MR) is 66.3 cm³/mol. The van der Waals surface area contributed by atoms with Crippen molar-refractivity contribution in [1.82, 2.24) is 15.0 Å². The molecule has 0 unspecified atom stereocenters. The molecule has 0 saturated heterocycles. The van der Waals surface area contributed by atoms with E-state index >= 15 is 0 Å². The fourth-order valence-corrected chi connectivity index (χ4v) is 1.78. The van der Waals surface area contributed by atoms with E-state index < -0.39 is 0 Å². The second-order valence-corrected chi connectivity index (χ2v) is 4.65. The quantitative estimate of drug-likeness (QED) is 0.838. The first-order valence-corrected chi connectivity index (χ1v) is 5.89. The number of nitrogens with two attached hydrogens (primary N) is 1. The van der Waals surface area contributed by atoms with Crippen LogP contribution < -0.4 is 5.73 Å². The van der Waals surface area contributed by atoms with Crippen LogP contribution in [0, 0.1) is 0 Å². The Labute approximate surface area is 105 Å². The van der Waals surface area contributed by atoms with Gasteiger partial charge in [0.1, 0.15) is 5.82 Å². The van der Waals surface area contributed by atoms with E-state index in [2.05, 4.69) is 15.0 Å². The van der Waals surface area contributed by atoms with Gasteiger partial charge in [0.25, 0.3) is 0 Å². The van der Waals surface area contributed by atoms with Gasteiger partial charge in [0.05, 0.1) is 17.8 Å². The summed E-state index contributed by atoms with van der Waals surface area (Å²) in [6, 6.07) is 3.68. The minimum absolute atomic E-state index is 0.0502. The second kappa shape index (κ2) is 4.12. The molecule has 0 aromatic carbocycles. The van der Waals surface area contributed by atoms with Crippen LogP contribution in [0.4, 0.5) is 0 Å². The highest BCUT2D eigenvalue weighted by atomic mass is 16.3. The van der Waals surface area contributed by atoms with E-state index in [1.165, 1.54) is 0 Å². The van der Waals surface area contributed by atoms with E-state index in [1.54, 1.807) is 24.7 Å². The Kier molecular flexibility index (Phi) is 2.57. The Hall–Kier alpha value is -1.85. The van der Waals surface area contributed by atoms with E-state index in [1.807, 2.05) is 6.07 Å². The SMILES string of the molecule is NC1(c2ncc(-c3ccc(CO)nc3)cn2)CC1. The molecule has 5 nitrogen and oxygen atoms in total. The number of aromatic nitrogens is 3. The molecule has 0 bridgehead atoms. The van der Waals surface area contributed by atoms with Gasteiger partial charge in [-0.1, -0.05) is 6.07 Å². The molecule has 0 spiro atoms. The molecule has 18 heavy (non-hydrogen) atoms. The Morgan fingerprint density at radius 3 is 2.22 bits per heavy atom. The van der Waals surface area contributed by atoms with E-state index in [0.29, 0.717) is 11.5 Å². The molecule has 2 aromatic rings. The highest BCUT2D eigenvalue weighted by Gasteiger charge is 2.42. The third-order valence-corrected chi connectivity index (χ3v) is 3.21. The number of hydrogen-bond donors (Lipinski definition) is 2. The van der Waals surface area contributed by atoms with Crippen molar-refractivity contribution >= 4 is 0 Å². The van der Waals surface area contributed by atoms with Gasteiger partial charge in [0, 0.05) is 29.7 Å². The van der Waals surface area contributed by atoms with Gasteiger partial charge in [0.2, 0.25) is 0 Å².